The Morgan fingerprint density at radius 1 is 1.06 bits per heavy atom. The maximum atomic E-state index is 8.38. The molecule has 1 aliphatic carbocycles. The van der Waals surface area contributed by atoms with Crippen molar-refractivity contribution in [2.75, 3.05) is 13.1 Å². The molecule has 1 saturated heterocycles. The molecule has 1 aliphatic heterocycles. The number of piperidine rings is 1. The number of benzene rings is 1. The summed E-state index contributed by atoms with van der Waals surface area (Å²) in [4.78, 5) is 8.03. The molecular weight excluding hydrogens is 198 g/mol. The summed E-state index contributed by atoms with van der Waals surface area (Å²) in [5.41, 5.74) is 2.40. The van der Waals surface area contributed by atoms with Gasteiger partial charge in [0, 0.05) is 25.4 Å². The first-order chi connectivity index (χ1) is 9.58. The van der Waals surface area contributed by atoms with Crippen molar-refractivity contribution < 1.29 is 5.48 Å². The second kappa shape index (κ2) is 3.01. The van der Waals surface area contributed by atoms with Crippen molar-refractivity contribution in [2.24, 2.45) is 0 Å². The van der Waals surface area contributed by atoms with Crippen LogP contribution in [-0.4, -0.2) is 23.1 Å². The normalized spacial score (nSPS) is 30.5. The highest BCUT2D eigenvalue weighted by atomic mass is 14.9. The number of hydrogen-bond acceptors (Lipinski definition) is 3. The van der Waals surface area contributed by atoms with E-state index in [4.69, 9.17) is 5.48 Å². The molecule has 2 aliphatic rings. The first-order valence-corrected chi connectivity index (χ1v) is 5.56. The Labute approximate surface area is 99.5 Å². The molecule has 0 spiro atoms. The molecule has 16 heavy (non-hydrogen) atoms. The summed E-state index contributed by atoms with van der Waals surface area (Å²) in [6.07, 6.45) is 0.506. The quantitative estimate of drug-likeness (QED) is 0.734. The number of rotatable bonds is 0. The van der Waals surface area contributed by atoms with Crippen LogP contribution in [0.4, 0.5) is 0 Å². The summed E-state index contributed by atoms with van der Waals surface area (Å²) >= 11 is 0. The van der Waals surface area contributed by atoms with Gasteiger partial charge in [-0.1, -0.05) is 0 Å². The van der Waals surface area contributed by atoms with E-state index in [2.05, 4.69) is 15.3 Å². The molecule has 0 saturated carbocycles. The second-order valence-electron chi connectivity index (χ2n) is 4.51. The molecule has 3 nitrogen and oxygen atoms in total. The number of hydrogen-bond donors (Lipinski definition) is 1. The lowest BCUT2D eigenvalue weighted by atomic mass is 9.98. The van der Waals surface area contributed by atoms with Crippen molar-refractivity contribution in [3.05, 3.63) is 35.6 Å². The van der Waals surface area contributed by atoms with Crippen LogP contribution in [0.5, 0.6) is 0 Å². The molecule has 80 valence electrons. The highest BCUT2D eigenvalue weighted by molar-refractivity contribution is 5.77. The summed E-state index contributed by atoms with van der Waals surface area (Å²) < 4.78 is 31.9. The number of fused-ring (bicyclic) bond motifs is 6. The van der Waals surface area contributed by atoms with E-state index in [-0.39, 0.29) is 24.2 Å². The molecule has 1 fully saturated rings. The van der Waals surface area contributed by atoms with Crippen molar-refractivity contribution >= 4 is 11.0 Å². The molecule has 2 aromatic rings. The Bertz CT molecular complexity index is 686. The fourth-order valence-electron chi connectivity index (χ4n) is 2.86. The maximum absolute atomic E-state index is 8.38. The largest absolute Gasteiger partial charge is 0.316 e. The smallest absolute Gasteiger partial charge is 0.0889 e. The molecule has 3 heteroatoms. The van der Waals surface area contributed by atoms with Gasteiger partial charge in [0.15, 0.2) is 0 Å². The molecular formula is C13H13N3. The zero-order valence-corrected chi connectivity index (χ0v) is 8.67. The lowest BCUT2D eigenvalue weighted by molar-refractivity contribution is 0.454. The third kappa shape index (κ3) is 1.06. The van der Waals surface area contributed by atoms with Gasteiger partial charge >= 0.3 is 0 Å². The Balaban J connectivity index is 2.13. The monoisotopic (exact) mass is 219 g/mol. The predicted octanol–water partition coefficient (Wildman–Crippen LogP) is 1.80. The van der Waals surface area contributed by atoms with E-state index < -0.39 is 0 Å². The van der Waals surface area contributed by atoms with E-state index in [0.29, 0.717) is 23.1 Å². The standard InChI is InChI=1S/C13H13N3/c1-2-16-13-5-11-9-3-8(6-14-7-9)10(11)4-12(13)15-1/h1-2,4-5,8-9,14H,3,6-7H2/t8-,9+/i1T,2T,4T,5T. The highest BCUT2D eigenvalue weighted by Crippen LogP contribution is 2.44. The van der Waals surface area contributed by atoms with Crippen LogP contribution in [0.25, 0.3) is 11.0 Å². The lowest BCUT2D eigenvalue weighted by Gasteiger charge is -2.19. The fraction of sp³-hybridized carbons (Fsp3) is 0.385. The van der Waals surface area contributed by atoms with Gasteiger partial charge in [0.2, 0.25) is 0 Å². The summed E-state index contributed by atoms with van der Waals surface area (Å²) in [5.74, 6) is 0.521. The van der Waals surface area contributed by atoms with Gasteiger partial charge in [-0.2, -0.15) is 0 Å². The first kappa shape index (κ1) is 5.73. The van der Waals surface area contributed by atoms with Crippen LogP contribution in [0.3, 0.4) is 0 Å². The topological polar surface area (TPSA) is 37.8 Å². The number of nitrogens with zero attached hydrogens (tertiary/aromatic N) is 2. The van der Waals surface area contributed by atoms with E-state index in [1.807, 2.05) is 0 Å². The van der Waals surface area contributed by atoms with Crippen LogP contribution in [0.2, 0.25) is 0 Å². The molecule has 2 bridgehead atoms. The number of aromatic nitrogens is 2. The highest BCUT2D eigenvalue weighted by Gasteiger charge is 2.34. The van der Waals surface area contributed by atoms with Crippen molar-refractivity contribution in [3.8, 4) is 0 Å². The Hall–Kier alpha value is -1.48. The van der Waals surface area contributed by atoms with Gasteiger partial charge < -0.3 is 5.32 Å². The molecule has 2 atom stereocenters. The van der Waals surface area contributed by atoms with Gasteiger partial charge in [-0.15, -0.1) is 0 Å². The molecule has 0 amide bonds. The van der Waals surface area contributed by atoms with Crippen LogP contribution >= 0.6 is 0 Å². The molecule has 1 N–H and O–H groups in total. The van der Waals surface area contributed by atoms with E-state index in [1.165, 1.54) is 0 Å². The predicted molar refractivity (Wildman–Crippen MR) is 62.5 cm³/mol. The van der Waals surface area contributed by atoms with Crippen LogP contribution in [0.15, 0.2) is 24.4 Å². The number of nitrogens with one attached hydrogen (secondary N) is 1. The average Bonchev–Trinajstić information content (AvgIpc) is 2.69. The Kier molecular flexibility index (Phi) is 1.08. The van der Waals surface area contributed by atoms with Crippen molar-refractivity contribution in [2.45, 2.75) is 18.3 Å². The van der Waals surface area contributed by atoms with Gasteiger partial charge in [0.25, 0.3) is 0 Å². The SMILES string of the molecule is [3H]c1nc2c([3H])c3c(c([3H])c2nc1[3H])[C@H]1CNC[C@@H]3C1. The molecule has 4 rings (SSSR count). The zero-order chi connectivity index (χ0) is 14.0. The maximum Gasteiger partial charge on any atom is 0.0889 e. The van der Waals surface area contributed by atoms with Gasteiger partial charge in [-0.3, -0.25) is 9.97 Å². The minimum atomic E-state index is -0.232. The third-order valence-corrected chi connectivity index (χ3v) is 3.57. The summed E-state index contributed by atoms with van der Waals surface area (Å²) in [6.45, 7) is 1.66. The summed E-state index contributed by atoms with van der Waals surface area (Å²) in [7, 11) is 0. The van der Waals surface area contributed by atoms with E-state index in [0.717, 1.165) is 30.6 Å². The van der Waals surface area contributed by atoms with Crippen molar-refractivity contribution in [3.63, 3.8) is 0 Å². The van der Waals surface area contributed by atoms with Gasteiger partial charge in [0.05, 0.1) is 16.5 Å². The van der Waals surface area contributed by atoms with E-state index in [1.54, 1.807) is 0 Å². The summed E-state index contributed by atoms with van der Waals surface area (Å²) in [6, 6.07) is 0.589. The van der Waals surface area contributed by atoms with E-state index in [9.17, 15) is 0 Å². The van der Waals surface area contributed by atoms with Crippen molar-refractivity contribution in [1.29, 1.82) is 0 Å². The Morgan fingerprint density at radius 3 is 2.19 bits per heavy atom. The lowest BCUT2D eigenvalue weighted by Crippen LogP contribution is -2.28. The minimum absolute atomic E-state index is 0.232. The van der Waals surface area contributed by atoms with E-state index >= 15 is 0 Å². The molecule has 1 aromatic heterocycles. The van der Waals surface area contributed by atoms with Gasteiger partial charge in [-0.05, 0) is 41.5 Å². The minimum Gasteiger partial charge on any atom is -0.316 e. The van der Waals surface area contributed by atoms with Crippen LogP contribution < -0.4 is 5.32 Å². The van der Waals surface area contributed by atoms with Gasteiger partial charge in [-0.25, -0.2) is 0 Å². The first-order valence-electron chi connectivity index (χ1n) is 7.56. The molecule has 0 radical (unpaired) electrons. The average molecular weight is 219 g/mol. The Morgan fingerprint density at radius 2 is 1.62 bits per heavy atom. The molecule has 0 unspecified atom stereocenters. The molecule has 1 aromatic carbocycles. The fourth-order valence-corrected chi connectivity index (χ4v) is 2.86. The zero-order valence-electron chi connectivity index (χ0n) is 12.7. The van der Waals surface area contributed by atoms with Gasteiger partial charge in [0.1, 0.15) is 0 Å². The van der Waals surface area contributed by atoms with Crippen LogP contribution in [0.1, 0.15) is 34.9 Å². The summed E-state index contributed by atoms with van der Waals surface area (Å²) in [5, 5.41) is 3.34. The van der Waals surface area contributed by atoms with Crippen LogP contribution in [-0.2, 0) is 0 Å². The molecule has 2 heterocycles. The van der Waals surface area contributed by atoms with Crippen molar-refractivity contribution in [1.82, 2.24) is 15.3 Å². The second-order valence-corrected chi connectivity index (χ2v) is 4.51. The van der Waals surface area contributed by atoms with Crippen LogP contribution in [0, 0.1) is 0 Å². The third-order valence-electron chi connectivity index (χ3n) is 3.57.